The lowest BCUT2D eigenvalue weighted by Gasteiger charge is -2.20. The summed E-state index contributed by atoms with van der Waals surface area (Å²) in [5.74, 6) is -0.968. The van der Waals surface area contributed by atoms with Gasteiger partial charge in [0, 0.05) is 45.4 Å². The molecule has 192 valence electrons. The zero-order chi connectivity index (χ0) is 26.5. The summed E-state index contributed by atoms with van der Waals surface area (Å²) >= 11 is 1.71. The molecule has 2 aromatic rings. The third-order valence-corrected chi connectivity index (χ3v) is 7.73. The highest BCUT2D eigenvalue weighted by Gasteiger charge is 2.42. The molecule has 2 fully saturated rings. The van der Waals surface area contributed by atoms with Crippen molar-refractivity contribution in [2.45, 2.75) is 42.5 Å². The van der Waals surface area contributed by atoms with Gasteiger partial charge in [0.1, 0.15) is 5.75 Å². The molecule has 0 aliphatic carbocycles. The molecule has 0 radical (unpaired) electrons. The molecule has 2 aliphatic rings. The maximum absolute atomic E-state index is 13.2. The fourth-order valence-corrected chi connectivity index (χ4v) is 6.03. The number of nitro benzene ring substituents is 2. The van der Waals surface area contributed by atoms with Crippen LogP contribution in [0.4, 0.5) is 21.9 Å². The number of carbonyl (C=O) groups is 2. The minimum Gasteiger partial charge on any atom is -0.426 e. The van der Waals surface area contributed by atoms with Crippen molar-refractivity contribution >= 4 is 40.8 Å². The van der Waals surface area contributed by atoms with Crippen LogP contribution in [0.1, 0.15) is 30.7 Å². The number of ether oxygens (including phenoxy) is 1. The van der Waals surface area contributed by atoms with E-state index in [0.717, 1.165) is 11.8 Å². The molecule has 15 heteroatoms. The fourth-order valence-electron chi connectivity index (χ4n) is 4.49. The third kappa shape index (κ3) is 5.90. The summed E-state index contributed by atoms with van der Waals surface area (Å²) in [5.41, 5.74) is 8.23. The van der Waals surface area contributed by atoms with Crippen molar-refractivity contribution < 1.29 is 24.2 Å². The molecule has 2 saturated heterocycles. The van der Waals surface area contributed by atoms with Crippen molar-refractivity contribution in [2.75, 3.05) is 5.75 Å². The summed E-state index contributed by atoms with van der Waals surface area (Å²) in [7, 11) is 0. The van der Waals surface area contributed by atoms with E-state index in [-0.39, 0.29) is 52.5 Å². The number of non-ortho nitro benzene ring substituents is 1. The van der Waals surface area contributed by atoms with Crippen LogP contribution in [-0.2, 0) is 4.79 Å². The minimum atomic E-state index is -1.03. The van der Waals surface area contributed by atoms with E-state index in [9.17, 15) is 29.8 Å². The molecule has 2 heterocycles. The highest BCUT2D eigenvalue weighted by molar-refractivity contribution is 8.00. The number of hydrogen-bond acceptors (Lipinski definition) is 9. The number of nitrogens with zero attached hydrogens (tertiary/aromatic N) is 5. The molecule has 2 amide bonds. The fraction of sp³-hybridized carbons (Fsp3) is 0.364. The van der Waals surface area contributed by atoms with Gasteiger partial charge in [0.2, 0.25) is 0 Å². The second-order valence-electron chi connectivity index (χ2n) is 8.47. The van der Waals surface area contributed by atoms with E-state index >= 15 is 0 Å². The lowest BCUT2D eigenvalue weighted by molar-refractivity contribution is -0.385. The SMILES string of the molecule is [N-]=[N+]=Nc1ccc(C(CCC[C@@H]2SC[C@@H]3NC(=O)N[C@@H]32)C(=O)Oc2ccc([N+](=O)[O-])cc2)c([N+](=O)[O-])c1. The van der Waals surface area contributed by atoms with E-state index < -0.39 is 27.4 Å². The Morgan fingerprint density at radius 2 is 1.95 bits per heavy atom. The Morgan fingerprint density at radius 3 is 2.62 bits per heavy atom. The summed E-state index contributed by atoms with van der Waals surface area (Å²) in [5, 5.41) is 32.0. The van der Waals surface area contributed by atoms with E-state index in [2.05, 4.69) is 20.7 Å². The maximum Gasteiger partial charge on any atom is 0.319 e. The normalized spacial score (nSPS) is 20.6. The molecule has 0 aromatic heterocycles. The van der Waals surface area contributed by atoms with Crippen molar-refractivity contribution in [3.8, 4) is 5.75 Å². The van der Waals surface area contributed by atoms with Gasteiger partial charge in [0.15, 0.2) is 0 Å². The quantitative estimate of drug-likeness (QED) is 0.0657. The van der Waals surface area contributed by atoms with E-state index in [1.807, 2.05) is 0 Å². The summed E-state index contributed by atoms with van der Waals surface area (Å²) in [6, 6.07) is 8.57. The predicted molar refractivity (Wildman–Crippen MR) is 133 cm³/mol. The number of amides is 2. The standard InChI is InChI=1S/C22H21N7O7S/c23-27-26-12-4-9-15(18(10-12)29(34)35)16(21(30)36-14-7-5-13(6-8-14)28(32)33)2-1-3-19-20-17(11-37-19)24-22(31)25-20/h4-10,16-17,19-20H,1-3,11H2,(H2,24,25,31)/t16?,17-,19-,20-/m0/s1. The summed E-state index contributed by atoms with van der Waals surface area (Å²) in [6.07, 6.45) is 1.37. The first kappa shape index (κ1) is 25.7. The average Bonchev–Trinajstić information content (AvgIpc) is 3.41. The monoisotopic (exact) mass is 527 g/mol. The van der Waals surface area contributed by atoms with Crippen LogP contribution in [0, 0.1) is 20.2 Å². The van der Waals surface area contributed by atoms with Crippen molar-refractivity contribution in [3.63, 3.8) is 0 Å². The number of esters is 1. The van der Waals surface area contributed by atoms with Crippen molar-refractivity contribution in [3.05, 3.63) is 78.7 Å². The first-order valence-electron chi connectivity index (χ1n) is 11.2. The topological polar surface area (TPSA) is 202 Å². The number of azide groups is 1. The van der Waals surface area contributed by atoms with Crippen LogP contribution >= 0.6 is 11.8 Å². The van der Waals surface area contributed by atoms with Crippen molar-refractivity contribution in [1.29, 1.82) is 0 Å². The first-order valence-corrected chi connectivity index (χ1v) is 12.3. The number of rotatable bonds is 10. The van der Waals surface area contributed by atoms with Crippen LogP contribution in [0.25, 0.3) is 10.4 Å². The average molecular weight is 528 g/mol. The van der Waals surface area contributed by atoms with Gasteiger partial charge in [-0.3, -0.25) is 25.0 Å². The first-order chi connectivity index (χ1) is 17.8. The molecule has 2 N–H and O–H groups in total. The Balaban J connectivity index is 1.55. The molecule has 4 rings (SSSR count). The molecular formula is C22H21N7O7S. The molecule has 0 saturated carbocycles. The Kier molecular flexibility index (Phi) is 7.74. The summed E-state index contributed by atoms with van der Waals surface area (Å²) < 4.78 is 5.45. The number of thioether (sulfide) groups is 1. The van der Waals surface area contributed by atoms with E-state index in [1.165, 1.54) is 36.4 Å². The van der Waals surface area contributed by atoms with Gasteiger partial charge in [-0.2, -0.15) is 11.8 Å². The molecule has 1 unspecified atom stereocenters. The smallest absolute Gasteiger partial charge is 0.319 e. The second kappa shape index (κ2) is 11.1. The molecule has 2 aliphatic heterocycles. The van der Waals surface area contributed by atoms with Gasteiger partial charge in [0.05, 0.1) is 27.8 Å². The van der Waals surface area contributed by atoms with Gasteiger partial charge in [0.25, 0.3) is 11.4 Å². The number of fused-ring (bicyclic) bond motifs is 1. The zero-order valence-corrected chi connectivity index (χ0v) is 20.0. The lowest BCUT2D eigenvalue weighted by Crippen LogP contribution is -2.36. The molecule has 0 spiro atoms. The van der Waals surface area contributed by atoms with Gasteiger partial charge in [-0.1, -0.05) is 23.7 Å². The molecule has 14 nitrogen and oxygen atoms in total. The number of urea groups is 1. The van der Waals surface area contributed by atoms with Gasteiger partial charge in [-0.15, -0.1) is 0 Å². The predicted octanol–water partition coefficient (Wildman–Crippen LogP) is 4.47. The van der Waals surface area contributed by atoms with Crippen LogP contribution in [0.3, 0.4) is 0 Å². The second-order valence-corrected chi connectivity index (χ2v) is 9.74. The van der Waals surface area contributed by atoms with Crippen LogP contribution in [-0.4, -0.2) is 44.9 Å². The molecule has 4 atom stereocenters. The van der Waals surface area contributed by atoms with Crippen LogP contribution in [0.15, 0.2) is 47.6 Å². The molecular weight excluding hydrogens is 506 g/mol. The maximum atomic E-state index is 13.2. The van der Waals surface area contributed by atoms with Crippen molar-refractivity contribution in [2.24, 2.45) is 5.11 Å². The molecule has 37 heavy (non-hydrogen) atoms. The van der Waals surface area contributed by atoms with Gasteiger partial charge < -0.3 is 15.4 Å². The van der Waals surface area contributed by atoms with Gasteiger partial charge in [-0.05, 0) is 30.5 Å². The third-order valence-electron chi connectivity index (χ3n) is 6.22. The number of nitro groups is 2. The molecule has 0 bridgehead atoms. The largest absolute Gasteiger partial charge is 0.426 e. The van der Waals surface area contributed by atoms with E-state index in [0.29, 0.717) is 12.8 Å². The highest BCUT2D eigenvalue weighted by Crippen LogP contribution is 2.37. The van der Waals surface area contributed by atoms with E-state index in [1.54, 1.807) is 11.8 Å². The van der Waals surface area contributed by atoms with E-state index in [4.69, 9.17) is 10.3 Å². The summed E-state index contributed by atoms with van der Waals surface area (Å²) in [6.45, 7) is 0. The number of hydrogen-bond donors (Lipinski definition) is 2. The van der Waals surface area contributed by atoms with Crippen LogP contribution in [0.2, 0.25) is 0 Å². The Bertz CT molecular complexity index is 1280. The van der Waals surface area contributed by atoms with Gasteiger partial charge in [-0.25, -0.2) is 4.79 Å². The van der Waals surface area contributed by atoms with Gasteiger partial charge >= 0.3 is 12.0 Å². The minimum absolute atomic E-state index is 0.0262. The number of nitrogens with one attached hydrogen (secondary N) is 2. The van der Waals surface area contributed by atoms with Crippen LogP contribution in [0.5, 0.6) is 5.75 Å². The number of benzene rings is 2. The number of carbonyl (C=O) groups excluding carboxylic acids is 2. The summed E-state index contributed by atoms with van der Waals surface area (Å²) in [4.78, 5) is 49.0. The Hall–Kier alpha value is -4.36. The zero-order valence-electron chi connectivity index (χ0n) is 19.2. The lowest BCUT2D eigenvalue weighted by atomic mass is 9.90. The highest BCUT2D eigenvalue weighted by atomic mass is 32.2. The molecule has 2 aromatic carbocycles. The van der Waals surface area contributed by atoms with Crippen LogP contribution < -0.4 is 15.4 Å². The Labute approximate surface area is 213 Å². The van der Waals surface area contributed by atoms with Crippen molar-refractivity contribution in [1.82, 2.24) is 10.6 Å². The Morgan fingerprint density at radius 1 is 1.19 bits per heavy atom.